The smallest absolute Gasteiger partial charge is 0.416 e. The Labute approximate surface area is 249 Å². The Bertz CT molecular complexity index is 1660. The van der Waals surface area contributed by atoms with Crippen LogP contribution in [0.2, 0.25) is 18.1 Å². The molecule has 3 aromatic rings. The van der Waals surface area contributed by atoms with Crippen LogP contribution in [-0.2, 0) is 25.1 Å². The minimum Gasteiger partial charge on any atom is -0.455 e. The van der Waals surface area contributed by atoms with Crippen LogP contribution in [0.15, 0.2) is 63.9 Å². The number of carbonyl (C=O) groups excluding carboxylic acids is 2. The molecule has 8 nitrogen and oxygen atoms in total. The van der Waals surface area contributed by atoms with E-state index in [1.807, 2.05) is 33.9 Å². The number of nitrogens with zero attached hydrogens (tertiary/aromatic N) is 2. The third-order valence-corrected chi connectivity index (χ3v) is 13.1. The van der Waals surface area contributed by atoms with Crippen molar-refractivity contribution in [2.24, 2.45) is 4.36 Å². The molecule has 1 atom stereocenters. The van der Waals surface area contributed by atoms with Gasteiger partial charge in [0.15, 0.2) is 8.32 Å². The first-order valence-electron chi connectivity index (χ1n) is 13.0. The number of rotatable bonds is 8. The van der Waals surface area contributed by atoms with E-state index in [-0.39, 0.29) is 39.2 Å². The number of anilines is 1. The molecule has 1 aromatic heterocycles. The van der Waals surface area contributed by atoms with Gasteiger partial charge >= 0.3 is 6.18 Å². The molecular weight excluding hydrogens is 606 g/mol. The fourth-order valence-corrected chi connectivity index (χ4v) is 5.60. The lowest BCUT2D eigenvalue weighted by atomic mass is 10.1. The highest BCUT2D eigenvalue weighted by atomic mass is 32.2. The van der Waals surface area contributed by atoms with E-state index in [4.69, 9.17) is 9.16 Å². The summed E-state index contributed by atoms with van der Waals surface area (Å²) >= 11 is 0. The van der Waals surface area contributed by atoms with Gasteiger partial charge in [-0.25, -0.2) is 9.19 Å². The van der Waals surface area contributed by atoms with E-state index < -0.39 is 53.3 Å². The summed E-state index contributed by atoms with van der Waals surface area (Å²) in [6, 6.07) is 10.3. The van der Waals surface area contributed by atoms with Gasteiger partial charge in [-0.2, -0.15) is 21.9 Å². The molecule has 43 heavy (non-hydrogen) atoms. The third kappa shape index (κ3) is 8.71. The molecule has 0 saturated heterocycles. The van der Waals surface area contributed by atoms with Gasteiger partial charge in [-0.15, -0.1) is 0 Å². The number of aryl methyl sites for hydroxylation is 1. The first-order valence-corrected chi connectivity index (χ1v) is 17.9. The molecule has 232 valence electrons. The quantitative estimate of drug-likeness (QED) is 0.155. The van der Waals surface area contributed by atoms with Crippen molar-refractivity contribution >= 4 is 35.5 Å². The maximum absolute atomic E-state index is 13.4. The molecule has 0 aliphatic carbocycles. The molecule has 0 aliphatic heterocycles. The Kier molecular flexibility index (Phi) is 9.88. The van der Waals surface area contributed by atoms with Gasteiger partial charge in [-0.05, 0) is 73.6 Å². The van der Waals surface area contributed by atoms with Crippen LogP contribution in [0.4, 0.5) is 23.2 Å². The zero-order valence-electron chi connectivity index (χ0n) is 24.8. The zero-order chi connectivity index (χ0) is 32.4. The second-order valence-corrected chi connectivity index (χ2v) is 18.4. The first kappa shape index (κ1) is 33.9. The number of aromatic nitrogens is 1. The highest BCUT2D eigenvalue weighted by molar-refractivity contribution is 7.93. The number of hydrogen-bond donors (Lipinski definition) is 1. The number of alkyl halides is 3. The first-order chi connectivity index (χ1) is 19.7. The molecule has 0 radical (unpaired) electrons. The number of benzene rings is 2. The third-order valence-electron chi connectivity index (χ3n) is 6.94. The lowest BCUT2D eigenvalue weighted by Crippen LogP contribution is -2.42. The van der Waals surface area contributed by atoms with Crippen LogP contribution in [0.1, 0.15) is 42.4 Å². The van der Waals surface area contributed by atoms with Gasteiger partial charge in [-0.1, -0.05) is 26.8 Å². The summed E-state index contributed by atoms with van der Waals surface area (Å²) in [5.74, 6) is -2.83. The second-order valence-electron chi connectivity index (χ2n) is 11.3. The molecule has 2 amide bonds. The predicted molar refractivity (Wildman–Crippen MR) is 158 cm³/mol. The molecule has 14 heteroatoms. The minimum atomic E-state index is -4.73. The van der Waals surface area contributed by atoms with Crippen molar-refractivity contribution in [2.45, 2.75) is 56.9 Å². The Morgan fingerprint density at radius 1 is 1.02 bits per heavy atom. The molecule has 0 unspecified atom stereocenters. The van der Waals surface area contributed by atoms with Crippen molar-refractivity contribution in [2.75, 3.05) is 18.2 Å². The van der Waals surface area contributed by atoms with Gasteiger partial charge in [0.1, 0.15) is 18.1 Å². The molecule has 0 fully saturated rings. The normalized spacial score (nSPS) is 13.7. The molecule has 0 aliphatic rings. The molecule has 2 aromatic carbocycles. The summed E-state index contributed by atoms with van der Waals surface area (Å²) in [4.78, 5) is 29.5. The molecule has 0 saturated carbocycles. The predicted octanol–water partition coefficient (Wildman–Crippen LogP) is 7.60. The molecule has 3 rings (SSSR count). The summed E-state index contributed by atoms with van der Waals surface area (Å²) in [7, 11) is -5.49. The van der Waals surface area contributed by atoms with Gasteiger partial charge in [-0.3, -0.25) is 9.59 Å². The van der Waals surface area contributed by atoms with Crippen molar-refractivity contribution in [3.63, 3.8) is 0 Å². The summed E-state index contributed by atoms with van der Waals surface area (Å²) in [6.07, 6.45) is -3.45. The van der Waals surface area contributed by atoms with E-state index in [1.165, 1.54) is 43.5 Å². The maximum Gasteiger partial charge on any atom is 0.416 e. The number of ether oxygens (including phenoxy) is 1. The highest BCUT2D eigenvalue weighted by Gasteiger charge is 2.37. The molecular formula is C29H33F4N3O5SSi. The largest absolute Gasteiger partial charge is 0.455 e. The van der Waals surface area contributed by atoms with Gasteiger partial charge in [0.05, 0.1) is 26.5 Å². The van der Waals surface area contributed by atoms with Crippen LogP contribution in [0.3, 0.4) is 0 Å². The second kappa shape index (κ2) is 12.5. The Morgan fingerprint density at radius 3 is 2.30 bits per heavy atom. The molecule has 0 bridgehead atoms. The van der Waals surface area contributed by atoms with E-state index in [2.05, 4.69) is 14.7 Å². The monoisotopic (exact) mass is 639 g/mol. The SMILES string of the molecule is Cc1nc(F)ccc1Oc1cc(C(F)(F)F)ccc1C(=O)Nc1cccc([S@@](C)(=O)=NC(=O)CO[Si](C)(C)C(C)(C)C)c1. The topological polar surface area (TPSA) is 107 Å². The average molecular weight is 640 g/mol. The van der Waals surface area contributed by atoms with Gasteiger partial charge in [0.25, 0.3) is 11.8 Å². The van der Waals surface area contributed by atoms with E-state index in [9.17, 15) is 31.4 Å². The fraction of sp³-hybridized carbons (Fsp3) is 0.345. The van der Waals surface area contributed by atoms with Crippen LogP contribution >= 0.6 is 0 Å². The van der Waals surface area contributed by atoms with E-state index >= 15 is 0 Å². The van der Waals surface area contributed by atoms with Crippen LogP contribution < -0.4 is 10.1 Å². The lowest BCUT2D eigenvalue weighted by Gasteiger charge is -2.35. The number of pyridine rings is 1. The number of carbonyl (C=O) groups is 2. The van der Waals surface area contributed by atoms with Gasteiger partial charge in [0, 0.05) is 16.8 Å². The van der Waals surface area contributed by atoms with Gasteiger partial charge < -0.3 is 14.5 Å². The summed E-state index contributed by atoms with van der Waals surface area (Å²) in [6.45, 7) is 11.1. The number of amides is 2. The van der Waals surface area contributed by atoms with Crippen LogP contribution in [0.25, 0.3) is 0 Å². The number of hydrogen-bond acceptors (Lipinski definition) is 6. The Morgan fingerprint density at radius 2 is 1.70 bits per heavy atom. The molecule has 1 heterocycles. The van der Waals surface area contributed by atoms with Crippen LogP contribution in [0, 0.1) is 12.9 Å². The summed E-state index contributed by atoms with van der Waals surface area (Å²) < 4.78 is 82.4. The number of nitrogens with one attached hydrogen (secondary N) is 1. The van der Waals surface area contributed by atoms with Crippen molar-refractivity contribution in [3.8, 4) is 11.5 Å². The van der Waals surface area contributed by atoms with Crippen molar-refractivity contribution < 1.29 is 40.5 Å². The molecule has 1 N–H and O–H groups in total. The summed E-state index contributed by atoms with van der Waals surface area (Å²) in [5, 5.41) is 2.41. The van der Waals surface area contributed by atoms with Crippen molar-refractivity contribution in [1.82, 2.24) is 4.98 Å². The summed E-state index contributed by atoms with van der Waals surface area (Å²) in [5.41, 5.74) is -1.13. The zero-order valence-corrected chi connectivity index (χ0v) is 26.6. The van der Waals surface area contributed by atoms with Crippen molar-refractivity contribution in [1.29, 1.82) is 0 Å². The van der Waals surface area contributed by atoms with Gasteiger partial charge in [0.2, 0.25) is 5.95 Å². The molecule has 0 spiro atoms. The highest BCUT2D eigenvalue weighted by Crippen LogP contribution is 2.37. The minimum absolute atomic E-state index is 0.0497. The van der Waals surface area contributed by atoms with Crippen LogP contribution in [-0.4, -0.2) is 42.2 Å². The number of halogens is 4. The standard InChI is InChI=1S/C29H33F4N3O5SSi/c1-18-23(13-14-25(30)34-18)41-24-15-19(29(31,32)33)11-12-22(24)27(38)35-20-9-8-10-21(16-20)42(5,39)36-26(37)17-40-43(6,7)28(2,3)4/h8-16H,17H2,1-7H3,(H,35,38)/t42-/m1/s1. The maximum atomic E-state index is 13.4. The van der Waals surface area contributed by atoms with E-state index in [0.717, 1.165) is 18.2 Å². The average Bonchev–Trinajstić information content (AvgIpc) is 2.88. The van der Waals surface area contributed by atoms with Crippen molar-refractivity contribution in [3.05, 3.63) is 77.4 Å². The van der Waals surface area contributed by atoms with E-state index in [0.29, 0.717) is 6.07 Å². The lowest BCUT2D eigenvalue weighted by molar-refractivity contribution is -0.137. The Balaban J connectivity index is 1.88. The van der Waals surface area contributed by atoms with Crippen LogP contribution in [0.5, 0.6) is 11.5 Å². The fourth-order valence-electron chi connectivity index (χ4n) is 3.45. The van der Waals surface area contributed by atoms with E-state index in [1.54, 1.807) is 0 Å². The Hall–Kier alpha value is -3.62.